The van der Waals surface area contributed by atoms with E-state index < -0.39 is 0 Å². The van der Waals surface area contributed by atoms with Crippen LogP contribution in [0, 0.1) is 16.7 Å². The maximum absolute atomic E-state index is 8.95. The van der Waals surface area contributed by atoms with Gasteiger partial charge in [-0.1, -0.05) is 0 Å². The molecule has 0 atom stereocenters. The van der Waals surface area contributed by atoms with Crippen molar-refractivity contribution < 1.29 is 4.74 Å². The molecule has 0 heterocycles. The average molecular weight is 281 g/mol. The molecular formula is C12H13BrN2O. The van der Waals surface area contributed by atoms with Crippen LogP contribution in [0.3, 0.4) is 0 Å². The smallest absolute Gasteiger partial charge is 0.133 e. The van der Waals surface area contributed by atoms with Crippen molar-refractivity contribution in [1.82, 2.24) is 0 Å². The number of nitriles is 1. The Hall–Kier alpha value is -1.21. The molecule has 0 aliphatic heterocycles. The predicted octanol–water partition coefficient (Wildman–Crippen LogP) is 3.17. The molecule has 2 rings (SSSR count). The van der Waals surface area contributed by atoms with Crippen LogP contribution in [0.4, 0.5) is 5.69 Å². The van der Waals surface area contributed by atoms with Gasteiger partial charge in [-0.05, 0) is 47.0 Å². The summed E-state index contributed by atoms with van der Waals surface area (Å²) in [5.41, 5.74) is 0.890. The Morgan fingerprint density at radius 1 is 1.56 bits per heavy atom. The van der Waals surface area contributed by atoms with Crippen LogP contribution < -0.4 is 10.1 Å². The number of nitrogens with one attached hydrogen (secondary N) is 1. The Labute approximate surface area is 104 Å². The Bertz CT molecular complexity index is 435. The second-order valence-corrected chi connectivity index (χ2v) is 4.95. The summed E-state index contributed by atoms with van der Waals surface area (Å²) in [4.78, 5) is 0. The molecule has 3 nitrogen and oxygen atoms in total. The molecule has 84 valence electrons. The molecular weight excluding hydrogens is 268 g/mol. The van der Waals surface area contributed by atoms with E-state index in [2.05, 4.69) is 27.3 Å². The number of hydrogen-bond donors (Lipinski definition) is 1. The van der Waals surface area contributed by atoms with Gasteiger partial charge in [0.2, 0.25) is 0 Å². The fourth-order valence-corrected chi connectivity index (χ4v) is 2.07. The Kier molecular flexibility index (Phi) is 3.06. The molecule has 4 heteroatoms. The highest BCUT2D eigenvalue weighted by molar-refractivity contribution is 9.10. The van der Waals surface area contributed by atoms with Gasteiger partial charge in [0.1, 0.15) is 5.75 Å². The lowest BCUT2D eigenvalue weighted by molar-refractivity contribution is 0.412. The second-order valence-electron chi connectivity index (χ2n) is 4.10. The van der Waals surface area contributed by atoms with Gasteiger partial charge in [0.15, 0.2) is 0 Å². The highest BCUT2D eigenvalue weighted by Gasteiger charge is 2.42. The number of methoxy groups -OCH3 is 1. The molecule has 1 aliphatic carbocycles. The summed E-state index contributed by atoms with van der Waals surface area (Å²) in [5.74, 6) is 0.812. The van der Waals surface area contributed by atoms with Crippen molar-refractivity contribution in [3.8, 4) is 11.8 Å². The summed E-state index contributed by atoms with van der Waals surface area (Å²) < 4.78 is 6.07. The number of nitrogens with zero attached hydrogens (tertiary/aromatic N) is 1. The van der Waals surface area contributed by atoms with E-state index in [-0.39, 0.29) is 5.41 Å². The van der Waals surface area contributed by atoms with Crippen LogP contribution >= 0.6 is 15.9 Å². The molecule has 1 saturated carbocycles. The van der Waals surface area contributed by atoms with Gasteiger partial charge in [0, 0.05) is 12.2 Å². The molecule has 0 unspecified atom stereocenters. The third-order valence-corrected chi connectivity index (χ3v) is 3.49. The standard InChI is InChI=1S/C12H13BrN2O/c1-16-11-3-2-9(6-10(11)13)15-8-12(7-14)4-5-12/h2-3,6,15H,4-5,8H2,1H3. The molecule has 0 radical (unpaired) electrons. The van der Waals surface area contributed by atoms with Crippen LogP contribution in [0.25, 0.3) is 0 Å². The minimum atomic E-state index is -0.119. The van der Waals surface area contributed by atoms with E-state index in [1.165, 1.54) is 0 Å². The molecule has 1 aromatic rings. The lowest BCUT2D eigenvalue weighted by atomic mass is 10.1. The summed E-state index contributed by atoms with van der Waals surface area (Å²) in [5, 5.41) is 12.2. The van der Waals surface area contributed by atoms with E-state index in [1.807, 2.05) is 18.2 Å². The molecule has 0 aromatic heterocycles. The van der Waals surface area contributed by atoms with Crippen molar-refractivity contribution in [2.75, 3.05) is 19.0 Å². The quantitative estimate of drug-likeness (QED) is 0.922. The SMILES string of the molecule is COc1ccc(NCC2(C#N)CC2)cc1Br. The number of ether oxygens (including phenoxy) is 1. The first-order chi connectivity index (χ1) is 7.69. The van der Waals surface area contributed by atoms with Crippen molar-refractivity contribution >= 4 is 21.6 Å². The predicted molar refractivity (Wildman–Crippen MR) is 66.5 cm³/mol. The van der Waals surface area contributed by atoms with E-state index in [9.17, 15) is 0 Å². The van der Waals surface area contributed by atoms with Gasteiger partial charge in [-0.2, -0.15) is 5.26 Å². The van der Waals surface area contributed by atoms with Gasteiger partial charge in [0.25, 0.3) is 0 Å². The van der Waals surface area contributed by atoms with E-state index in [0.717, 1.165) is 35.3 Å². The fraction of sp³-hybridized carbons (Fsp3) is 0.417. The van der Waals surface area contributed by atoms with Crippen LogP contribution in [0.5, 0.6) is 5.75 Å². The van der Waals surface area contributed by atoms with Crippen molar-refractivity contribution in [1.29, 1.82) is 5.26 Å². The monoisotopic (exact) mass is 280 g/mol. The van der Waals surface area contributed by atoms with Crippen molar-refractivity contribution in [3.05, 3.63) is 22.7 Å². The highest BCUT2D eigenvalue weighted by Crippen LogP contribution is 2.44. The zero-order chi connectivity index (χ0) is 11.6. The number of halogens is 1. The maximum Gasteiger partial charge on any atom is 0.133 e. The van der Waals surface area contributed by atoms with Crippen molar-refractivity contribution in [2.45, 2.75) is 12.8 Å². The fourth-order valence-electron chi connectivity index (χ4n) is 1.53. The van der Waals surface area contributed by atoms with Crippen LogP contribution in [0.15, 0.2) is 22.7 Å². The Balaban J connectivity index is 2.00. The third kappa shape index (κ3) is 2.30. The maximum atomic E-state index is 8.95. The summed E-state index contributed by atoms with van der Waals surface area (Å²) in [7, 11) is 1.64. The van der Waals surface area contributed by atoms with Crippen LogP contribution in [-0.4, -0.2) is 13.7 Å². The average Bonchev–Trinajstić information content (AvgIpc) is 3.07. The first-order valence-corrected chi connectivity index (χ1v) is 5.97. The van der Waals surface area contributed by atoms with E-state index in [0.29, 0.717) is 0 Å². The topological polar surface area (TPSA) is 45.0 Å². The van der Waals surface area contributed by atoms with Gasteiger partial charge in [-0.15, -0.1) is 0 Å². The second kappa shape index (κ2) is 4.34. The zero-order valence-electron chi connectivity index (χ0n) is 9.09. The molecule has 1 fully saturated rings. The Morgan fingerprint density at radius 3 is 2.81 bits per heavy atom. The summed E-state index contributed by atoms with van der Waals surface area (Å²) >= 11 is 3.43. The van der Waals surface area contributed by atoms with Gasteiger partial charge in [-0.3, -0.25) is 0 Å². The molecule has 1 aliphatic rings. The summed E-state index contributed by atoms with van der Waals surface area (Å²) in [6.45, 7) is 0.724. The molecule has 0 bridgehead atoms. The molecule has 1 aromatic carbocycles. The summed E-state index contributed by atoms with van der Waals surface area (Å²) in [6.07, 6.45) is 2.02. The van der Waals surface area contributed by atoms with Crippen LogP contribution in [0.1, 0.15) is 12.8 Å². The minimum Gasteiger partial charge on any atom is -0.496 e. The van der Waals surface area contributed by atoms with Gasteiger partial charge < -0.3 is 10.1 Å². The zero-order valence-corrected chi connectivity index (χ0v) is 10.7. The molecule has 1 N–H and O–H groups in total. The molecule has 16 heavy (non-hydrogen) atoms. The number of anilines is 1. The number of benzene rings is 1. The molecule has 0 saturated heterocycles. The number of hydrogen-bond acceptors (Lipinski definition) is 3. The largest absolute Gasteiger partial charge is 0.496 e. The van der Waals surface area contributed by atoms with Crippen LogP contribution in [0.2, 0.25) is 0 Å². The molecule has 0 spiro atoms. The minimum absolute atomic E-state index is 0.119. The number of rotatable bonds is 4. The third-order valence-electron chi connectivity index (χ3n) is 2.87. The lowest BCUT2D eigenvalue weighted by Gasteiger charge is -2.11. The van der Waals surface area contributed by atoms with E-state index >= 15 is 0 Å². The van der Waals surface area contributed by atoms with Gasteiger partial charge in [0.05, 0.1) is 23.1 Å². The normalized spacial score (nSPS) is 16.3. The van der Waals surface area contributed by atoms with E-state index in [4.69, 9.17) is 10.00 Å². The summed E-state index contributed by atoms with van der Waals surface area (Å²) in [6, 6.07) is 8.18. The highest BCUT2D eigenvalue weighted by atomic mass is 79.9. The van der Waals surface area contributed by atoms with Crippen LogP contribution in [-0.2, 0) is 0 Å². The first kappa shape index (κ1) is 11.3. The molecule has 0 amide bonds. The van der Waals surface area contributed by atoms with Gasteiger partial charge >= 0.3 is 0 Å². The van der Waals surface area contributed by atoms with Crippen molar-refractivity contribution in [2.24, 2.45) is 5.41 Å². The van der Waals surface area contributed by atoms with E-state index in [1.54, 1.807) is 7.11 Å². The lowest BCUT2D eigenvalue weighted by Crippen LogP contribution is -2.13. The van der Waals surface area contributed by atoms with Crippen molar-refractivity contribution in [3.63, 3.8) is 0 Å². The van der Waals surface area contributed by atoms with Gasteiger partial charge in [-0.25, -0.2) is 0 Å². The Morgan fingerprint density at radius 2 is 2.31 bits per heavy atom. The first-order valence-electron chi connectivity index (χ1n) is 5.18.